The summed E-state index contributed by atoms with van der Waals surface area (Å²) in [5.41, 5.74) is 3.43. The predicted molar refractivity (Wildman–Crippen MR) is 95.6 cm³/mol. The second-order valence-electron chi connectivity index (χ2n) is 5.23. The van der Waals surface area contributed by atoms with Gasteiger partial charge in [0.15, 0.2) is 0 Å². The molecule has 0 spiro atoms. The van der Waals surface area contributed by atoms with Gasteiger partial charge in [0.25, 0.3) is 0 Å². The molecule has 2 aromatic carbocycles. The minimum absolute atomic E-state index is 0.0970. The fraction of sp³-hybridized carbons (Fsp3) is 0.222. The van der Waals surface area contributed by atoms with Crippen LogP contribution in [-0.2, 0) is 0 Å². The molecular formula is C18H18INO. The number of halogens is 1. The van der Waals surface area contributed by atoms with Gasteiger partial charge in [-0.15, -0.1) is 0 Å². The molecule has 1 heterocycles. The van der Waals surface area contributed by atoms with E-state index in [1.165, 1.54) is 20.1 Å². The van der Waals surface area contributed by atoms with Crippen molar-refractivity contribution in [1.82, 2.24) is 5.32 Å². The topological polar surface area (TPSA) is 25.2 Å². The van der Waals surface area contributed by atoms with Crippen LogP contribution >= 0.6 is 22.6 Å². The van der Waals surface area contributed by atoms with Crippen LogP contribution in [-0.4, -0.2) is 6.54 Å². The van der Waals surface area contributed by atoms with Gasteiger partial charge in [-0.25, -0.2) is 0 Å². The first-order valence-electron chi connectivity index (χ1n) is 7.16. The Morgan fingerprint density at radius 2 is 1.86 bits per heavy atom. The van der Waals surface area contributed by atoms with Crippen molar-refractivity contribution in [3.63, 3.8) is 0 Å². The van der Waals surface area contributed by atoms with Crippen LogP contribution in [0.3, 0.4) is 0 Å². The summed E-state index contributed by atoms with van der Waals surface area (Å²) < 4.78 is 7.30. The standard InChI is InChI=1S/C18H18INO/c1-3-20-18(13-5-7-15(19)8-6-13)17-11-14-10-12(2)4-9-16(14)21-17/h4-11,18,20H,3H2,1-2H3. The summed E-state index contributed by atoms with van der Waals surface area (Å²) in [5, 5.41) is 4.68. The molecule has 3 rings (SSSR count). The van der Waals surface area contributed by atoms with Crippen molar-refractivity contribution in [2.45, 2.75) is 19.9 Å². The molecule has 0 saturated carbocycles. The summed E-state index contributed by atoms with van der Waals surface area (Å²) in [6.07, 6.45) is 0. The van der Waals surface area contributed by atoms with Gasteiger partial charge in [-0.05, 0) is 72.0 Å². The van der Waals surface area contributed by atoms with Gasteiger partial charge in [-0.1, -0.05) is 30.7 Å². The molecule has 3 aromatic rings. The van der Waals surface area contributed by atoms with Gasteiger partial charge in [0.2, 0.25) is 0 Å². The Kier molecular flexibility index (Phi) is 4.31. The Bertz CT molecular complexity index is 746. The van der Waals surface area contributed by atoms with E-state index in [1.807, 2.05) is 6.07 Å². The molecule has 0 aliphatic rings. The highest BCUT2D eigenvalue weighted by Gasteiger charge is 2.17. The van der Waals surface area contributed by atoms with E-state index in [2.05, 4.69) is 84.2 Å². The van der Waals surface area contributed by atoms with Crippen molar-refractivity contribution in [3.8, 4) is 0 Å². The normalized spacial score (nSPS) is 12.7. The van der Waals surface area contributed by atoms with Crippen LogP contribution in [0.5, 0.6) is 0 Å². The summed E-state index contributed by atoms with van der Waals surface area (Å²) in [4.78, 5) is 0. The number of hydrogen-bond donors (Lipinski definition) is 1. The van der Waals surface area contributed by atoms with Crippen molar-refractivity contribution >= 4 is 33.6 Å². The second kappa shape index (κ2) is 6.20. The molecule has 3 heteroatoms. The average Bonchev–Trinajstić information content (AvgIpc) is 2.88. The van der Waals surface area contributed by atoms with Gasteiger partial charge in [0, 0.05) is 8.96 Å². The van der Waals surface area contributed by atoms with Crippen molar-refractivity contribution < 1.29 is 4.42 Å². The molecule has 0 bridgehead atoms. The Hall–Kier alpha value is -1.33. The smallest absolute Gasteiger partial charge is 0.134 e. The first kappa shape index (κ1) is 14.6. The maximum absolute atomic E-state index is 6.06. The molecule has 0 fully saturated rings. The van der Waals surface area contributed by atoms with Gasteiger partial charge in [-0.2, -0.15) is 0 Å². The number of aryl methyl sites for hydroxylation is 1. The van der Waals surface area contributed by atoms with Gasteiger partial charge < -0.3 is 9.73 Å². The summed E-state index contributed by atoms with van der Waals surface area (Å²) >= 11 is 2.33. The molecule has 0 radical (unpaired) electrons. The number of furan rings is 1. The summed E-state index contributed by atoms with van der Waals surface area (Å²) in [6.45, 7) is 5.12. The van der Waals surface area contributed by atoms with Crippen molar-refractivity contribution in [1.29, 1.82) is 0 Å². The molecule has 108 valence electrons. The minimum Gasteiger partial charge on any atom is -0.459 e. The SMILES string of the molecule is CCNC(c1ccc(I)cc1)c1cc2cc(C)ccc2o1. The van der Waals surface area contributed by atoms with E-state index in [0.717, 1.165) is 17.9 Å². The molecule has 0 aliphatic heterocycles. The van der Waals surface area contributed by atoms with E-state index in [0.29, 0.717) is 0 Å². The van der Waals surface area contributed by atoms with Crippen LogP contribution in [0.4, 0.5) is 0 Å². The number of hydrogen-bond acceptors (Lipinski definition) is 2. The molecule has 1 atom stereocenters. The summed E-state index contributed by atoms with van der Waals surface area (Å²) in [6, 6.07) is 17.1. The Morgan fingerprint density at radius 1 is 1.10 bits per heavy atom. The van der Waals surface area contributed by atoms with E-state index in [4.69, 9.17) is 4.42 Å². The van der Waals surface area contributed by atoms with Crippen LogP contribution in [0.2, 0.25) is 0 Å². The second-order valence-corrected chi connectivity index (χ2v) is 6.48. The Balaban J connectivity index is 2.04. The Morgan fingerprint density at radius 3 is 2.57 bits per heavy atom. The zero-order chi connectivity index (χ0) is 14.8. The average molecular weight is 391 g/mol. The monoisotopic (exact) mass is 391 g/mol. The Labute approximate surface area is 138 Å². The van der Waals surface area contributed by atoms with E-state index >= 15 is 0 Å². The minimum atomic E-state index is 0.0970. The third-order valence-electron chi connectivity index (χ3n) is 3.59. The lowest BCUT2D eigenvalue weighted by molar-refractivity contribution is 0.477. The first-order chi connectivity index (χ1) is 10.2. The van der Waals surface area contributed by atoms with Gasteiger partial charge in [-0.3, -0.25) is 0 Å². The zero-order valence-electron chi connectivity index (χ0n) is 12.2. The highest BCUT2D eigenvalue weighted by atomic mass is 127. The number of nitrogens with one attached hydrogen (secondary N) is 1. The third kappa shape index (κ3) is 3.14. The zero-order valence-corrected chi connectivity index (χ0v) is 14.3. The third-order valence-corrected chi connectivity index (χ3v) is 4.31. The number of rotatable bonds is 4. The van der Waals surface area contributed by atoms with E-state index in [1.54, 1.807) is 0 Å². The maximum atomic E-state index is 6.06. The van der Waals surface area contributed by atoms with Crippen LogP contribution in [0, 0.1) is 10.5 Å². The molecular weight excluding hydrogens is 373 g/mol. The predicted octanol–water partition coefficient (Wildman–Crippen LogP) is 5.04. The quantitative estimate of drug-likeness (QED) is 0.630. The molecule has 1 N–H and O–H groups in total. The molecule has 2 nitrogen and oxygen atoms in total. The highest BCUT2D eigenvalue weighted by Crippen LogP contribution is 2.29. The fourth-order valence-electron chi connectivity index (χ4n) is 2.57. The van der Waals surface area contributed by atoms with Crippen LogP contribution in [0.25, 0.3) is 11.0 Å². The molecule has 21 heavy (non-hydrogen) atoms. The van der Waals surface area contributed by atoms with Crippen molar-refractivity contribution in [2.75, 3.05) is 6.54 Å². The van der Waals surface area contributed by atoms with Gasteiger partial charge >= 0.3 is 0 Å². The number of benzene rings is 2. The largest absolute Gasteiger partial charge is 0.459 e. The molecule has 0 aliphatic carbocycles. The van der Waals surface area contributed by atoms with Gasteiger partial charge in [0.1, 0.15) is 11.3 Å². The first-order valence-corrected chi connectivity index (χ1v) is 8.24. The van der Waals surface area contributed by atoms with Crippen LogP contribution in [0.15, 0.2) is 52.9 Å². The van der Waals surface area contributed by atoms with Crippen LogP contribution in [0.1, 0.15) is 29.9 Å². The molecule has 0 saturated heterocycles. The van der Waals surface area contributed by atoms with E-state index in [-0.39, 0.29) is 6.04 Å². The number of fused-ring (bicyclic) bond motifs is 1. The molecule has 0 amide bonds. The van der Waals surface area contributed by atoms with Crippen molar-refractivity contribution in [2.24, 2.45) is 0 Å². The van der Waals surface area contributed by atoms with Crippen LogP contribution < -0.4 is 5.32 Å². The lowest BCUT2D eigenvalue weighted by Gasteiger charge is -2.16. The van der Waals surface area contributed by atoms with Gasteiger partial charge in [0.05, 0.1) is 6.04 Å². The summed E-state index contributed by atoms with van der Waals surface area (Å²) in [5.74, 6) is 0.971. The van der Waals surface area contributed by atoms with E-state index in [9.17, 15) is 0 Å². The lowest BCUT2D eigenvalue weighted by atomic mass is 10.0. The fourth-order valence-corrected chi connectivity index (χ4v) is 2.93. The lowest BCUT2D eigenvalue weighted by Crippen LogP contribution is -2.21. The van der Waals surface area contributed by atoms with Crippen molar-refractivity contribution in [3.05, 3.63) is 69.0 Å². The van der Waals surface area contributed by atoms with E-state index < -0.39 is 0 Å². The molecule has 1 unspecified atom stereocenters. The molecule has 1 aromatic heterocycles. The highest BCUT2D eigenvalue weighted by molar-refractivity contribution is 14.1. The summed E-state index contributed by atoms with van der Waals surface area (Å²) in [7, 11) is 0. The maximum Gasteiger partial charge on any atom is 0.134 e.